The van der Waals surface area contributed by atoms with Gasteiger partial charge in [-0.3, -0.25) is 9.59 Å². The summed E-state index contributed by atoms with van der Waals surface area (Å²) in [5.74, 6) is -1.05. The molecule has 0 aliphatic heterocycles. The van der Waals surface area contributed by atoms with Crippen molar-refractivity contribution < 1.29 is 9.59 Å². The second kappa shape index (κ2) is 6.47. The molecule has 21 heavy (non-hydrogen) atoms. The number of anilines is 1. The Morgan fingerprint density at radius 1 is 1.43 bits per heavy atom. The molecule has 0 bridgehead atoms. The Kier molecular flexibility index (Phi) is 4.66. The Labute approximate surface area is 126 Å². The highest BCUT2D eigenvalue weighted by molar-refractivity contribution is 7.09. The van der Waals surface area contributed by atoms with Crippen LogP contribution in [0.25, 0.3) is 11.3 Å². The minimum Gasteiger partial charge on any atom is -0.370 e. The van der Waals surface area contributed by atoms with E-state index in [9.17, 15) is 9.59 Å². The summed E-state index contributed by atoms with van der Waals surface area (Å²) in [6, 6.07) is 6.33. The molecule has 0 spiro atoms. The van der Waals surface area contributed by atoms with Gasteiger partial charge in [0, 0.05) is 16.6 Å². The maximum Gasteiger partial charge on any atom is 0.241 e. The fraction of sp³-hybridized carbons (Fsp3) is 0.214. The summed E-state index contributed by atoms with van der Waals surface area (Å²) in [6.45, 7) is 1.93. The van der Waals surface area contributed by atoms with E-state index in [4.69, 9.17) is 11.5 Å². The third kappa shape index (κ3) is 4.11. The molecular weight excluding hydrogens is 288 g/mol. The molecule has 1 unspecified atom stereocenters. The molecule has 1 atom stereocenters. The molecule has 0 saturated carbocycles. The van der Waals surface area contributed by atoms with Gasteiger partial charge in [-0.15, -0.1) is 11.3 Å². The number of primary amides is 1. The molecule has 2 aromatic rings. The van der Waals surface area contributed by atoms with Crippen LogP contribution in [0.5, 0.6) is 0 Å². The van der Waals surface area contributed by atoms with Gasteiger partial charge in [0.15, 0.2) is 0 Å². The standard InChI is InChI=1S/C14H16N4O2S/c1-8-17-12(7-21-8)9-3-2-4-10(5-9)18-14(20)11(15)6-13(16)19/h2-5,7,11H,6,15H2,1H3,(H2,16,19)(H,18,20). The van der Waals surface area contributed by atoms with Gasteiger partial charge in [-0.05, 0) is 19.1 Å². The molecule has 1 aromatic heterocycles. The van der Waals surface area contributed by atoms with Crippen molar-refractivity contribution >= 4 is 28.8 Å². The van der Waals surface area contributed by atoms with Gasteiger partial charge >= 0.3 is 0 Å². The maximum absolute atomic E-state index is 11.8. The maximum atomic E-state index is 11.8. The zero-order valence-corrected chi connectivity index (χ0v) is 12.3. The Morgan fingerprint density at radius 3 is 2.81 bits per heavy atom. The number of amides is 2. The van der Waals surface area contributed by atoms with Crippen molar-refractivity contribution in [1.82, 2.24) is 4.98 Å². The summed E-state index contributed by atoms with van der Waals surface area (Å²) in [5, 5.41) is 5.60. The minimum atomic E-state index is -0.951. The quantitative estimate of drug-likeness (QED) is 0.772. The number of nitrogens with one attached hydrogen (secondary N) is 1. The summed E-state index contributed by atoms with van der Waals surface area (Å²) in [6.07, 6.45) is -0.184. The van der Waals surface area contributed by atoms with Gasteiger partial charge < -0.3 is 16.8 Å². The van der Waals surface area contributed by atoms with Crippen LogP contribution in [0.1, 0.15) is 11.4 Å². The van der Waals surface area contributed by atoms with E-state index in [2.05, 4.69) is 10.3 Å². The van der Waals surface area contributed by atoms with Crippen molar-refractivity contribution in [2.45, 2.75) is 19.4 Å². The number of hydrogen-bond donors (Lipinski definition) is 3. The predicted octanol–water partition coefficient (Wildman–Crippen LogP) is 1.26. The normalized spacial score (nSPS) is 11.9. The van der Waals surface area contributed by atoms with Crippen LogP contribution in [0.2, 0.25) is 0 Å². The molecule has 7 heteroatoms. The van der Waals surface area contributed by atoms with E-state index in [1.165, 1.54) is 0 Å². The van der Waals surface area contributed by atoms with Crippen molar-refractivity contribution in [3.05, 3.63) is 34.7 Å². The van der Waals surface area contributed by atoms with E-state index in [1.807, 2.05) is 30.5 Å². The summed E-state index contributed by atoms with van der Waals surface area (Å²) in [5.41, 5.74) is 13.0. The van der Waals surface area contributed by atoms with Crippen LogP contribution in [-0.4, -0.2) is 22.8 Å². The number of aryl methyl sites for hydroxylation is 1. The monoisotopic (exact) mass is 304 g/mol. The molecule has 2 rings (SSSR count). The van der Waals surface area contributed by atoms with Crippen molar-refractivity contribution in [2.24, 2.45) is 11.5 Å². The van der Waals surface area contributed by atoms with E-state index < -0.39 is 17.9 Å². The molecule has 1 heterocycles. The first-order valence-corrected chi connectivity index (χ1v) is 7.21. The first kappa shape index (κ1) is 15.1. The van der Waals surface area contributed by atoms with Crippen molar-refractivity contribution in [1.29, 1.82) is 0 Å². The number of carbonyl (C=O) groups is 2. The lowest BCUT2D eigenvalue weighted by molar-refractivity contribution is -0.123. The lowest BCUT2D eigenvalue weighted by atomic mass is 10.1. The number of nitrogens with zero attached hydrogens (tertiary/aromatic N) is 1. The second-order valence-corrected chi connectivity index (χ2v) is 5.66. The average Bonchev–Trinajstić information content (AvgIpc) is 2.85. The zero-order valence-electron chi connectivity index (χ0n) is 11.5. The topological polar surface area (TPSA) is 111 Å². The van der Waals surface area contributed by atoms with Crippen LogP contribution < -0.4 is 16.8 Å². The molecule has 0 radical (unpaired) electrons. The fourth-order valence-corrected chi connectivity index (χ4v) is 2.42. The largest absolute Gasteiger partial charge is 0.370 e. The Balaban J connectivity index is 2.11. The van der Waals surface area contributed by atoms with Crippen molar-refractivity contribution in [2.75, 3.05) is 5.32 Å². The number of aromatic nitrogens is 1. The van der Waals surface area contributed by atoms with Crippen molar-refractivity contribution in [3.8, 4) is 11.3 Å². The van der Waals surface area contributed by atoms with Crippen LogP contribution in [0.3, 0.4) is 0 Å². The number of thiazole rings is 1. The number of carbonyl (C=O) groups excluding carboxylic acids is 2. The average molecular weight is 304 g/mol. The SMILES string of the molecule is Cc1nc(-c2cccc(NC(=O)C(N)CC(N)=O)c2)cs1. The number of benzene rings is 1. The van der Waals surface area contributed by atoms with Crippen LogP contribution in [-0.2, 0) is 9.59 Å². The van der Waals surface area contributed by atoms with Crippen LogP contribution >= 0.6 is 11.3 Å². The van der Waals surface area contributed by atoms with Crippen LogP contribution in [0.4, 0.5) is 5.69 Å². The van der Waals surface area contributed by atoms with Crippen molar-refractivity contribution in [3.63, 3.8) is 0 Å². The number of rotatable bonds is 5. The van der Waals surface area contributed by atoms with Gasteiger partial charge in [0.25, 0.3) is 0 Å². The van der Waals surface area contributed by atoms with Crippen LogP contribution in [0.15, 0.2) is 29.6 Å². The fourth-order valence-electron chi connectivity index (χ4n) is 1.80. The smallest absolute Gasteiger partial charge is 0.241 e. The van der Waals surface area contributed by atoms with Gasteiger partial charge in [-0.25, -0.2) is 4.98 Å². The second-order valence-electron chi connectivity index (χ2n) is 4.60. The Bertz CT molecular complexity index is 668. The van der Waals surface area contributed by atoms with Gasteiger partial charge in [-0.1, -0.05) is 12.1 Å². The molecule has 0 aliphatic carbocycles. The van der Waals surface area contributed by atoms with Gasteiger partial charge in [-0.2, -0.15) is 0 Å². The van der Waals surface area contributed by atoms with Gasteiger partial charge in [0.05, 0.1) is 23.2 Å². The molecule has 5 N–H and O–H groups in total. The number of hydrogen-bond acceptors (Lipinski definition) is 5. The summed E-state index contributed by atoms with van der Waals surface area (Å²) in [7, 11) is 0. The van der Waals surface area contributed by atoms with Gasteiger partial charge in [0.2, 0.25) is 11.8 Å². The minimum absolute atomic E-state index is 0.184. The predicted molar refractivity (Wildman–Crippen MR) is 82.7 cm³/mol. The molecule has 2 amide bonds. The highest BCUT2D eigenvalue weighted by Gasteiger charge is 2.16. The van der Waals surface area contributed by atoms with E-state index in [0.717, 1.165) is 16.3 Å². The molecule has 0 fully saturated rings. The van der Waals surface area contributed by atoms with E-state index in [0.29, 0.717) is 5.69 Å². The molecule has 0 saturated heterocycles. The highest BCUT2D eigenvalue weighted by atomic mass is 32.1. The lowest BCUT2D eigenvalue weighted by Gasteiger charge is -2.11. The summed E-state index contributed by atoms with van der Waals surface area (Å²) < 4.78 is 0. The van der Waals surface area contributed by atoms with Gasteiger partial charge in [0.1, 0.15) is 0 Å². The third-order valence-corrected chi connectivity index (χ3v) is 3.58. The van der Waals surface area contributed by atoms with Crippen LogP contribution in [0, 0.1) is 6.92 Å². The highest BCUT2D eigenvalue weighted by Crippen LogP contribution is 2.24. The lowest BCUT2D eigenvalue weighted by Crippen LogP contribution is -2.38. The Hall–Kier alpha value is -2.25. The zero-order chi connectivity index (χ0) is 15.4. The third-order valence-electron chi connectivity index (χ3n) is 2.80. The first-order valence-electron chi connectivity index (χ1n) is 6.33. The molecular formula is C14H16N4O2S. The molecule has 0 aliphatic rings. The first-order chi connectivity index (χ1) is 9.95. The van der Waals surface area contributed by atoms with E-state index >= 15 is 0 Å². The number of nitrogens with two attached hydrogens (primary N) is 2. The Morgan fingerprint density at radius 2 is 2.19 bits per heavy atom. The summed E-state index contributed by atoms with van der Waals surface area (Å²) in [4.78, 5) is 27.0. The summed E-state index contributed by atoms with van der Waals surface area (Å²) >= 11 is 1.56. The van der Waals surface area contributed by atoms with E-state index in [1.54, 1.807) is 17.4 Å². The molecule has 6 nitrogen and oxygen atoms in total. The van der Waals surface area contributed by atoms with E-state index in [-0.39, 0.29) is 6.42 Å². The molecule has 1 aromatic carbocycles. The molecule has 110 valence electrons.